The zero-order valence-corrected chi connectivity index (χ0v) is 23.7. The summed E-state index contributed by atoms with van der Waals surface area (Å²) in [6.45, 7) is 2.05. The van der Waals surface area contributed by atoms with Crippen LogP contribution < -0.4 is 15.4 Å². The number of carbonyl (C=O) groups is 1. The lowest BCUT2D eigenvalue weighted by molar-refractivity contribution is -0.274. The van der Waals surface area contributed by atoms with E-state index in [2.05, 4.69) is 22.3 Å². The van der Waals surface area contributed by atoms with E-state index in [1.165, 1.54) is 10.5 Å². The Morgan fingerprint density at radius 3 is 2.26 bits per heavy atom. The van der Waals surface area contributed by atoms with Crippen molar-refractivity contribution in [3.63, 3.8) is 0 Å². The van der Waals surface area contributed by atoms with Crippen LogP contribution in [0.1, 0.15) is 24.5 Å². The van der Waals surface area contributed by atoms with Crippen LogP contribution in [-0.2, 0) is 23.0 Å². The topological polar surface area (TPSA) is 111 Å². The number of alkyl halides is 3. The van der Waals surface area contributed by atoms with Gasteiger partial charge in [0, 0.05) is 31.9 Å². The van der Waals surface area contributed by atoms with Crippen LogP contribution in [-0.4, -0.2) is 67.0 Å². The lowest BCUT2D eigenvalue weighted by Crippen LogP contribution is -2.63. The molecule has 0 saturated carbocycles. The lowest BCUT2D eigenvalue weighted by Gasteiger charge is -2.42. The predicted molar refractivity (Wildman–Crippen MR) is 151 cm³/mol. The van der Waals surface area contributed by atoms with Gasteiger partial charge in [-0.25, -0.2) is 13.2 Å². The van der Waals surface area contributed by atoms with E-state index < -0.39 is 40.4 Å². The number of nitrogens with zero attached hydrogens (tertiary/aromatic N) is 2. The maximum absolute atomic E-state index is 13.6. The number of anilines is 1. The zero-order chi connectivity index (χ0) is 30.3. The summed E-state index contributed by atoms with van der Waals surface area (Å²) in [5, 5.41) is 16.9. The van der Waals surface area contributed by atoms with Crippen LogP contribution in [0.4, 0.5) is 23.7 Å². The molecule has 2 amide bonds. The predicted octanol–water partition coefficient (Wildman–Crippen LogP) is 4.55. The molecule has 3 aromatic carbocycles. The van der Waals surface area contributed by atoms with E-state index in [1.54, 1.807) is 30.3 Å². The van der Waals surface area contributed by atoms with Gasteiger partial charge < -0.3 is 20.1 Å². The first kappa shape index (κ1) is 31.3. The first-order valence-corrected chi connectivity index (χ1v) is 14.9. The molecule has 226 valence electrons. The fraction of sp³-hybridized carbons (Fsp3) is 0.345. The highest BCUT2D eigenvalue weighted by atomic mass is 32.2. The van der Waals surface area contributed by atoms with Crippen LogP contribution in [0, 0.1) is 0 Å². The Hall–Kier alpha value is -3.65. The van der Waals surface area contributed by atoms with Gasteiger partial charge in [-0.2, -0.15) is 4.31 Å². The first-order chi connectivity index (χ1) is 20.0. The maximum Gasteiger partial charge on any atom is 0.573 e. The summed E-state index contributed by atoms with van der Waals surface area (Å²) in [4.78, 5) is 14.2. The normalized spacial score (nSPS) is 17.1. The van der Waals surface area contributed by atoms with Gasteiger partial charge >= 0.3 is 12.4 Å². The lowest BCUT2D eigenvalue weighted by atomic mass is 10.1. The number of aliphatic hydroxyl groups is 1. The second kappa shape index (κ2) is 13.6. The van der Waals surface area contributed by atoms with Crippen LogP contribution in [0.3, 0.4) is 0 Å². The van der Waals surface area contributed by atoms with Crippen molar-refractivity contribution < 1.29 is 36.2 Å². The molecule has 9 nitrogen and oxygen atoms in total. The highest BCUT2D eigenvalue weighted by molar-refractivity contribution is 7.89. The molecule has 1 fully saturated rings. The number of urea groups is 1. The summed E-state index contributed by atoms with van der Waals surface area (Å²) >= 11 is 0. The molecular formula is C29H33F3N4O5S. The Bertz CT molecular complexity index is 1420. The van der Waals surface area contributed by atoms with Gasteiger partial charge in [0.25, 0.3) is 0 Å². The number of carbonyl (C=O) groups excluding carboxylic acids is 1. The maximum atomic E-state index is 13.6. The highest BCUT2D eigenvalue weighted by Gasteiger charge is 2.41. The number of ether oxygens (including phenoxy) is 1. The summed E-state index contributed by atoms with van der Waals surface area (Å²) in [7, 11) is -4.28. The number of aliphatic hydroxyl groups excluding tert-OH is 1. The Balaban J connectivity index is 1.53. The van der Waals surface area contributed by atoms with Crippen molar-refractivity contribution >= 4 is 21.7 Å². The number of halogens is 3. The molecule has 0 bridgehead atoms. The van der Waals surface area contributed by atoms with E-state index in [1.807, 2.05) is 24.3 Å². The summed E-state index contributed by atoms with van der Waals surface area (Å²) in [6, 6.07) is 18.9. The van der Waals surface area contributed by atoms with E-state index in [9.17, 15) is 31.5 Å². The van der Waals surface area contributed by atoms with Crippen molar-refractivity contribution in [2.75, 3.05) is 25.0 Å². The molecule has 42 heavy (non-hydrogen) atoms. The molecular weight excluding hydrogens is 573 g/mol. The average Bonchev–Trinajstić information content (AvgIpc) is 2.96. The average molecular weight is 607 g/mol. The molecule has 3 aromatic rings. The molecule has 0 aliphatic carbocycles. The molecule has 2 atom stereocenters. The summed E-state index contributed by atoms with van der Waals surface area (Å²) in [5.41, 5.74) is 2.61. The van der Waals surface area contributed by atoms with Gasteiger partial charge in [-0.1, -0.05) is 55.8 Å². The van der Waals surface area contributed by atoms with E-state index in [0.717, 1.165) is 47.0 Å². The third-order valence-corrected chi connectivity index (χ3v) is 8.72. The number of para-hydroxylation sites is 1. The number of nitrogens with one attached hydrogen (secondary N) is 2. The SMILES string of the molecule is CCCc1ccc(CNC(O)[C@H]2CN(C(=O)Nc3ccccc3)CCN2S(=O)(=O)c2ccc(OC(F)(F)F)cc2)cc1. The van der Waals surface area contributed by atoms with Gasteiger partial charge in [-0.15, -0.1) is 13.2 Å². The third kappa shape index (κ3) is 8.22. The quantitative estimate of drug-likeness (QED) is 0.292. The number of rotatable bonds is 10. The van der Waals surface area contributed by atoms with Crippen molar-refractivity contribution in [3.05, 3.63) is 90.0 Å². The van der Waals surface area contributed by atoms with E-state index in [4.69, 9.17) is 0 Å². The first-order valence-electron chi connectivity index (χ1n) is 13.4. The molecule has 1 unspecified atom stereocenters. The molecule has 1 aliphatic rings. The number of sulfonamides is 1. The van der Waals surface area contributed by atoms with Gasteiger partial charge in [-0.3, -0.25) is 5.32 Å². The van der Waals surface area contributed by atoms with Crippen LogP contribution in [0.5, 0.6) is 5.75 Å². The standard InChI is InChI=1S/C29H33F3N4O5S/c1-2-6-21-9-11-22(12-10-21)19-33-27(37)26-20-35(28(38)34-23-7-4-3-5-8-23)17-18-36(26)42(39,40)25-15-13-24(14-16-25)41-29(30,31)32/h3-5,7-16,26-27,33,37H,2,6,17-20H2,1H3,(H,34,38)/t26-,27?/m1/s1. The van der Waals surface area contributed by atoms with Crippen molar-refractivity contribution in [2.24, 2.45) is 0 Å². The number of hydrogen-bond acceptors (Lipinski definition) is 6. The monoisotopic (exact) mass is 606 g/mol. The van der Waals surface area contributed by atoms with Crippen LogP contribution in [0.25, 0.3) is 0 Å². The molecule has 0 radical (unpaired) electrons. The van der Waals surface area contributed by atoms with Crippen molar-refractivity contribution in [1.29, 1.82) is 0 Å². The molecule has 0 spiro atoms. The number of aryl methyl sites for hydroxylation is 1. The fourth-order valence-electron chi connectivity index (χ4n) is 4.68. The van der Waals surface area contributed by atoms with Crippen LogP contribution in [0.2, 0.25) is 0 Å². The van der Waals surface area contributed by atoms with Crippen molar-refractivity contribution in [2.45, 2.75) is 49.8 Å². The second-order valence-corrected chi connectivity index (χ2v) is 11.7. The Morgan fingerprint density at radius 2 is 1.64 bits per heavy atom. The Kier molecular flexibility index (Phi) is 10.1. The second-order valence-electron chi connectivity index (χ2n) is 9.84. The minimum Gasteiger partial charge on any atom is -0.406 e. The van der Waals surface area contributed by atoms with Gasteiger partial charge in [0.2, 0.25) is 10.0 Å². The van der Waals surface area contributed by atoms with Crippen molar-refractivity contribution in [1.82, 2.24) is 14.5 Å². The minimum atomic E-state index is -4.92. The summed E-state index contributed by atoms with van der Waals surface area (Å²) in [6.07, 6.45) is -4.35. The molecule has 4 rings (SSSR count). The molecule has 0 aromatic heterocycles. The zero-order valence-electron chi connectivity index (χ0n) is 22.9. The summed E-state index contributed by atoms with van der Waals surface area (Å²) < 4.78 is 69.9. The van der Waals surface area contributed by atoms with Crippen LogP contribution >= 0.6 is 0 Å². The molecule has 1 heterocycles. The number of hydrogen-bond donors (Lipinski definition) is 3. The highest BCUT2D eigenvalue weighted by Crippen LogP contribution is 2.28. The Morgan fingerprint density at radius 1 is 1.00 bits per heavy atom. The number of amides is 2. The van der Waals surface area contributed by atoms with Gasteiger partial charge in [0.15, 0.2) is 0 Å². The molecule has 3 N–H and O–H groups in total. The van der Waals surface area contributed by atoms with E-state index >= 15 is 0 Å². The minimum absolute atomic E-state index is 0.0231. The third-order valence-electron chi connectivity index (χ3n) is 6.79. The van der Waals surface area contributed by atoms with Gasteiger partial charge in [0.05, 0.1) is 10.9 Å². The fourth-order valence-corrected chi connectivity index (χ4v) is 6.29. The van der Waals surface area contributed by atoms with E-state index in [-0.39, 0.29) is 31.1 Å². The summed E-state index contributed by atoms with van der Waals surface area (Å²) in [5.74, 6) is -0.563. The molecule has 1 aliphatic heterocycles. The number of benzene rings is 3. The largest absolute Gasteiger partial charge is 0.573 e. The van der Waals surface area contributed by atoms with Crippen molar-refractivity contribution in [3.8, 4) is 5.75 Å². The van der Waals surface area contributed by atoms with E-state index in [0.29, 0.717) is 5.69 Å². The Labute approximate surface area is 243 Å². The smallest absolute Gasteiger partial charge is 0.406 e. The van der Waals surface area contributed by atoms with Crippen LogP contribution in [0.15, 0.2) is 83.8 Å². The van der Waals surface area contributed by atoms with Gasteiger partial charge in [-0.05, 0) is 53.9 Å². The number of piperazine rings is 1. The van der Waals surface area contributed by atoms with Gasteiger partial charge in [0.1, 0.15) is 12.0 Å². The molecule has 1 saturated heterocycles. The molecule has 13 heteroatoms.